The monoisotopic (exact) mass is 406 g/mol. The molecule has 1 aliphatic heterocycles. The van der Waals surface area contributed by atoms with Gasteiger partial charge in [-0.3, -0.25) is 10.0 Å². The van der Waals surface area contributed by atoms with Crippen molar-refractivity contribution in [2.45, 2.75) is 44.8 Å². The summed E-state index contributed by atoms with van der Waals surface area (Å²) in [5.41, 5.74) is 0.864. The van der Waals surface area contributed by atoms with Crippen LogP contribution in [-0.4, -0.2) is 16.2 Å². The summed E-state index contributed by atoms with van der Waals surface area (Å²) < 4.78 is 44.5. The van der Waals surface area contributed by atoms with E-state index >= 15 is 0 Å². The van der Waals surface area contributed by atoms with Crippen molar-refractivity contribution >= 4 is 17.3 Å². The standard InChI is InChI=1S/C21H21F3N2O3/c22-21(23,24)15-7-9-17-19(11-15)29-18-10-13(6-8-16(18)25-17)12-26(28)20(27)14-4-2-1-3-5-14/h6-11,14,25,28H,1-5,12H2. The second-order valence-corrected chi connectivity index (χ2v) is 7.50. The van der Waals surface area contributed by atoms with Gasteiger partial charge in [0.25, 0.3) is 0 Å². The number of anilines is 2. The highest BCUT2D eigenvalue weighted by atomic mass is 19.4. The molecule has 0 bridgehead atoms. The van der Waals surface area contributed by atoms with Gasteiger partial charge in [0.1, 0.15) is 0 Å². The van der Waals surface area contributed by atoms with Crippen molar-refractivity contribution < 1.29 is 27.9 Å². The summed E-state index contributed by atoms with van der Waals surface area (Å²) in [6.07, 6.45) is 0.194. The molecular weight excluding hydrogens is 385 g/mol. The molecule has 0 atom stereocenters. The molecule has 0 unspecified atom stereocenters. The number of hydroxylamine groups is 2. The van der Waals surface area contributed by atoms with Crippen LogP contribution in [0.2, 0.25) is 0 Å². The summed E-state index contributed by atoms with van der Waals surface area (Å²) in [7, 11) is 0. The first-order valence-corrected chi connectivity index (χ1v) is 9.60. The van der Waals surface area contributed by atoms with Crippen molar-refractivity contribution in [3.8, 4) is 11.5 Å². The van der Waals surface area contributed by atoms with Crippen molar-refractivity contribution in [3.63, 3.8) is 0 Å². The molecule has 29 heavy (non-hydrogen) atoms. The van der Waals surface area contributed by atoms with Crippen molar-refractivity contribution in [2.75, 3.05) is 5.32 Å². The molecule has 8 heteroatoms. The highest BCUT2D eigenvalue weighted by Crippen LogP contribution is 2.44. The number of amides is 1. The molecule has 2 N–H and O–H groups in total. The first-order chi connectivity index (χ1) is 13.8. The highest BCUT2D eigenvalue weighted by Gasteiger charge is 2.32. The Morgan fingerprint density at radius 3 is 2.41 bits per heavy atom. The summed E-state index contributed by atoms with van der Waals surface area (Å²) in [6, 6.07) is 8.33. The van der Waals surface area contributed by atoms with E-state index in [1.165, 1.54) is 6.07 Å². The second-order valence-electron chi connectivity index (χ2n) is 7.50. The third-order valence-electron chi connectivity index (χ3n) is 5.39. The van der Waals surface area contributed by atoms with Crippen LogP contribution in [-0.2, 0) is 17.5 Å². The zero-order valence-electron chi connectivity index (χ0n) is 15.6. The van der Waals surface area contributed by atoms with Crippen molar-refractivity contribution in [2.24, 2.45) is 5.92 Å². The third-order valence-corrected chi connectivity index (χ3v) is 5.39. The van der Waals surface area contributed by atoms with E-state index in [2.05, 4.69) is 5.32 Å². The molecule has 154 valence electrons. The Labute approximate surface area is 166 Å². The fourth-order valence-corrected chi connectivity index (χ4v) is 3.81. The summed E-state index contributed by atoms with van der Waals surface area (Å²) >= 11 is 0. The van der Waals surface area contributed by atoms with Crippen LogP contribution >= 0.6 is 0 Å². The maximum atomic E-state index is 12.9. The predicted octanol–water partition coefficient (Wildman–Crippen LogP) is 5.85. The van der Waals surface area contributed by atoms with E-state index in [1.807, 2.05) is 0 Å². The fourth-order valence-electron chi connectivity index (χ4n) is 3.81. The summed E-state index contributed by atoms with van der Waals surface area (Å²) in [6.45, 7) is -0.0125. The minimum absolute atomic E-state index is 0.0125. The van der Waals surface area contributed by atoms with E-state index in [9.17, 15) is 23.2 Å². The molecule has 1 amide bonds. The van der Waals surface area contributed by atoms with Crippen LogP contribution in [0.1, 0.15) is 43.2 Å². The number of rotatable bonds is 3. The van der Waals surface area contributed by atoms with Crippen molar-refractivity contribution in [1.29, 1.82) is 0 Å². The largest absolute Gasteiger partial charge is 0.453 e. The molecule has 1 aliphatic carbocycles. The topological polar surface area (TPSA) is 61.8 Å². The molecule has 0 radical (unpaired) electrons. The van der Waals surface area contributed by atoms with Crippen molar-refractivity contribution in [1.82, 2.24) is 5.06 Å². The number of carbonyl (C=O) groups is 1. The fraction of sp³-hybridized carbons (Fsp3) is 0.381. The van der Waals surface area contributed by atoms with Gasteiger partial charge in [0.2, 0.25) is 5.91 Å². The molecule has 2 aromatic rings. The van der Waals surface area contributed by atoms with E-state index in [4.69, 9.17) is 4.74 Å². The number of benzene rings is 2. The smallest absolute Gasteiger partial charge is 0.416 e. The van der Waals surface area contributed by atoms with Crippen LogP contribution in [0, 0.1) is 5.92 Å². The Balaban J connectivity index is 1.49. The molecule has 1 saturated carbocycles. The zero-order valence-corrected chi connectivity index (χ0v) is 15.6. The van der Waals surface area contributed by atoms with Crippen LogP contribution in [0.4, 0.5) is 24.5 Å². The number of nitrogens with zero attached hydrogens (tertiary/aromatic N) is 1. The lowest BCUT2D eigenvalue weighted by atomic mass is 9.88. The quantitative estimate of drug-likeness (QED) is 0.423. The lowest BCUT2D eigenvalue weighted by Crippen LogP contribution is -2.34. The number of halogens is 3. The van der Waals surface area contributed by atoms with Crippen LogP contribution in [0.5, 0.6) is 11.5 Å². The Morgan fingerprint density at radius 1 is 1.07 bits per heavy atom. The highest BCUT2D eigenvalue weighted by molar-refractivity contribution is 5.78. The minimum Gasteiger partial charge on any atom is -0.453 e. The van der Waals surface area contributed by atoms with Crippen LogP contribution in [0.15, 0.2) is 36.4 Å². The summed E-state index contributed by atoms with van der Waals surface area (Å²) in [5.74, 6) is -0.0324. The van der Waals surface area contributed by atoms with E-state index in [0.29, 0.717) is 22.7 Å². The number of hydrogen-bond donors (Lipinski definition) is 2. The van der Waals surface area contributed by atoms with Crippen LogP contribution in [0.3, 0.4) is 0 Å². The molecule has 2 aliphatic rings. The number of hydrogen-bond acceptors (Lipinski definition) is 4. The van der Waals surface area contributed by atoms with E-state index in [-0.39, 0.29) is 24.1 Å². The van der Waals surface area contributed by atoms with E-state index in [0.717, 1.165) is 49.3 Å². The Hall–Kier alpha value is -2.74. The normalized spacial score (nSPS) is 16.3. The zero-order chi connectivity index (χ0) is 20.6. The second kappa shape index (κ2) is 7.59. The van der Waals surface area contributed by atoms with Gasteiger partial charge >= 0.3 is 6.18 Å². The average molecular weight is 406 g/mol. The minimum atomic E-state index is -4.46. The molecule has 0 aromatic heterocycles. The first kappa shape index (κ1) is 19.6. The molecule has 0 saturated heterocycles. The van der Waals surface area contributed by atoms with Gasteiger partial charge in [-0.15, -0.1) is 0 Å². The lowest BCUT2D eigenvalue weighted by molar-refractivity contribution is -0.174. The van der Waals surface area contributed by atoms with Gasteiger partial charge in [0.15, 0.2) is 11.5 Å². The van der Waals surface area contributed by atoms with Gasteiger partial charge < -0.3 is 10.1 Å². The van der Waals surface area contributed by atoms with Crippen molar-refractivity contribution in [3.05, 3.63) is 47.5 Å². The van der Waals surface area contributed by atoms with Gasteiger partial charge in [0.05, 0.1) is 23.5 Å². The molecular formula is C21H21F3N2O3. The Bertz CT molecular complexity index is 924. The Kier molecular flexibility index (Phi) is 5.12. The number of carbonyl (C=O) groups excluding carboxylic acids is 1. The molecule has 1 heterocycles. The summed E-state index contributed by atoms with van der Waals surface area (Å²) in [4.78, 5) is 12.4. The SMILES string of the molecule is O=C(C1CCCCC1)N(O)Cc1ccc2c(c1)Oc1cc(C(F)(F)F)ccc1N2. The van der Waals surface area contributed by atoms with E-state index in [1.54, 1.807) is 18.2 Å². The third kappa shape index (κ3) is 4.17. The Morgan fingerprint density at radius 2 is 1.72 bits per heavy atom. The number of nitrogens with one attached hydrogen (secondary N) is 1. The molecule has 0 spiro atoms. The number of fused-ring (bicyclic) bond motifs is 2. The first-order valence-electron chi connectivity index (χ1n) is 9.60. The van der Waals surface area contributed by atoms with Gasteiger partial charge in [-0.05, 0) is 48.7 Å². The van der Waals surface area contributed by atoms with Gasteiger partial charge in [-0.25, -0.2) is 5.06 Å². The van der Waals surface area contributed by atoms with Crippen LogP contribution in [0.25, 0.3) is 0 Å². The molecule has 1 fully saturated rings. The lowest BCUT2D eigenvalue weighted by Gasteiger charge is -2.26. The maximum Gasteiger partial charge on any atom is 0.416 e. The maximum absolute atomic E-state index is 12.9. The van der Waals surface area contributed by atoms with Gasteiger partial charge in [0, 0.05) is 5.92 Å². The predicted molar refractivity (Wildman–Crippen MR) is 100 cm³/mol. The molecule has 2 aromatic carbocycles. The van der Waals surface area contributed by atoms with Gasteiger partial charge in [-0.1, -0.05) is 25.3 Å². The molecule has 4 rings (SSSR count). The molecule has 5 nitrogen and oxygen atoms in total. The van der Waals surface area contributed by atoms with E-state index < -0.39 is 11.7 Å². The summed E-state index contributed by atoms with van der Waals surface area (Å²) in [5, 5.41) is 14.0. The van der Waals surface area contributed by atoms with Crippen LogP contribution < -0.4 is 10.1 Å². The average Bonchev–Trinajstić information content (AvgIpc) is 2.71. The number of alkyl halides is 3. The number of ether oxygens (including phenoxy) is 1. The van der Waals surface area contributed by atoms with Gasteiger partial charge in [-0.2, -0.15) is 13.2 Å².